The Hall–Kier alpha value is -1.96. The van der Waals surface area contributed by atoms with E-state index < -0.39 is 22.0 Å². The number of hydrogen-bond acceptors (Lipinski definition) is 4. The summed E-state index contributed by atoms with van der Waals surface area (Å²) in [6.07, 6.45) is 1.30. The maximum Gasteiger partial charge on any atom is 0.248 e. The quantitative estimate of drug-likeness (QED) is 0.681. The van der Waals surface area contributed by atoms with Crippen molar-refractivity contribution in [2.45, 2.75) is 26.3 Å². The first-order chi connectivity index (χ1) is 13.1. The second-order valence-corrected chi connectivity index (χ2v) is 8.95. The Morgan fingerprint density at radius 2 is 1.89 bits per heavy atom. The minimum atomic E-state index is -3.76. The number of rotatable bonds is 7. The van der Waals surface area contributed by atoms with E-state index >= 15 is 0 Å². The van der Waals surface area contributed by atoms with Gasteiger partial charge >= 0.3 is 0 Å². The minimum absolute atomic E-state index is 0.243. The molecule has 1 amide bonds. The normalized spacial score (nSPS) is 12.4. The van der Waals surface area contributed by atoms with Gasteiger partial charge in [-0.15, -0.1) is 0 Å². The van der Waals surface area contributed by atoms with Crippen molar-refractivity contribution in [3.05, 3.63) is 52.0 Å². The Kier molecular flexibility index (Phi) is 7.20. The Bertz CT molecular complexity index is 980. The average molecular weight is 445 g/mol. The van der Waals surface area contributed by atoms with Crippen LogP contribution in [0.3, 0.4) is 0 Å². The Morgan fingerprint density at radius 1 is 1.21 bits per heavy atom. The number of amides is 1. The van der Waals surface area contributed by atoms with Crippen LogP contribution >= 0.6 is 23.2 Å². The monoisotopic (exact) mass is 444 g/mol. The summed E-state index contributed by atoms with van der Waals surface area (Å²) in [4.78, 5) is 13.0. The predicted molar refractivity (Wildman–Crippen MR) is 114 cm³/mol. The highest BCUT2D eigenvalue weighted by Gasteiger charge is 2.32. The summed E-state index contributed by atoms with van der Waals surface area (Å²) < 4.78 is 31.3. The van der Waals surface area contributed by atoms with Gasteiger partial charge in [-0.1, -0.05) is 36.2 Å². The van der Waals surface area contributed by atoms with Gasteiger partial charge in [-0.05, 0) is 49.2 Å². The topological polar surface area (TPSA) is 75.7 Å². The van der Waals surface area contributed by atoms with E-state index in [0.717, 1.165) is 16.1 Å². The molecule has 28 heavy (non-hydrogen) atoms. The van der Waals surface area contributed by atoms with Crippen LogP contribution in [0.2, 0.25) is 10.0 Å². The van der Waals surface area contributed by atoms with E-state index in [0.29, 0.717) is 27.2 Å². The highest BCUT2D eigenvalue weighted by atomic mass is 35.5. The first kappa shape index (κ1) is 22.3. The number of nitrogens with zero attached hydrogens (tertiary/aromatic N) is 1. The van der Waals surface area contributed by atoms with Gasteiger partial charge in [0.05, 0.1) is 24.7 Å². The molecule has 0 saturated carbocycles. The number of sulfonamides is 1. The fourth-order valence-electron chi connectivity index (χ4n) is 2.77. The number of ether oxygens (including phenoxy) is 1. The lowest BCUT2D eigenvalue weighted by atomic mass is 10.1. The zero-order valence-electron chi connectivity index (χ0n) is 16.0. The first-order valence-electron chi connectivity index (χ1n) is 8.48. The molecule has 0 fully saturated rings. The maximum absolute atomic E-state index is 13.0. The van der Waals surface area contributed by atoms with E-state index in [-0.39, 0.29) is 6.42 Å². The molecule has 152 valence electrons. The summed E-state index contributed by atoms with van der Waals surface area (Å²) in [5, 5.41) is 3.54. The van der Waals surface area contributed by atoms with Crippen molar-refractivity contribution >= 4 is 50.5 Å². The van der Waals surface area contributed by atoms with Gasteiger partial charge < -0.3 is 10.1 Å². The van der Waals surface area contributed by atoms with E-state index in [9.17, 15) is 13.2 Å². The molecule has 2 aromatic carbocycles. The molecule has 1 N–H and O–H groups in total. The molecule has 0 saturated heterocycles. The average Bonchev–Trinajstić information content (AvgIpc) is 2.61. The van der Waals surface area contributed by atoms with Crippen molar-refractivity contribution < 1.29 is 17.9 Å². The number of nitrogens with one attached hydrogen (secondary N) is 1. The van der Waals surface area contributed by atoms with Crippen LogP contribution in [0.4, 0.5) is 11.4 Å². The smallest absolute Gasteiger partial charge is 0.248 e. The molecule has 6 nitrogen and oxygen atoms in total. The molecule has 0 aliphatic rings. The number of halogens is 2. The van der Waals surface area contributed by atoms with Crippen LogP contribution in [0.25, 0.3) is 0 Å². The van der Waals surface area contributed by atoms with E-state index in [1.165, 1.54) is 13.2 Å². The number of carbonyl (C=O) groups excluding carboxylic acids is 1. The molecule has 0 unspecified atom stereocenters. The van der Waals surface area contributed by atoms with Crippen molar-refractivity contribution in [3.8, 4) is 5.75 Å². The third-order valence-electron chi connectivity index (χ3n) is 4.16. The van der Waals surface area contributed by atoms with Crippen LogP contribution in [0.5, 0.6) is 5.75 Å². The number of methoxy groups -OCH3 is 1. The fourth-order valence-corrected chi connectivity index (χ4v) is 4.32. The van der Waals surface area contributed by atoms with E-state index in [4.69, 9.17) is 27.9 Å². The predicted octanol–water partition coefficient (Wildman–Crippen LogP) is 4.49. The number of anilines is 2. The van der Waals surface area contributed by atoms with Gasteiger partial charge in [0.2, 0.25) is 15.9 Å². The Morgan fingerprint density at radius 3 is 2.43 bits per heavy atom. The van der Waals surface area contributed by atoms with Gasteiger partial charge in [-0.2, -0.15) is 0 Å². The van der Waals surface area contributed by atoms with E-state index in [1.54, 1.807) is 37.3 Å². The molecule has 9 heteroatoms. The SMILES string of the molecule is CC[C@@H](C(=O)Nc1cc(Cl)ccc1OC)N(c1ccc(C)c(Cl)c1)S(C)(=O)=O. The summed E-state index contributed by atoms with van der Waals surface area (Å²) in [5.74, 6) is -0.0953. The van der Waals surface area contributed by atoms with Crippen LogP contribution in [0.1, 0.15) is 18.9 Å². The third-order valence-corrected chi connectivity index (χ3v) is 5.98. The largest absolute Gasteiger partial charge is 0.495 e. The Labute approximate surface area is 175 Å². The molecule has 0 aliphatic heterocycles. The summed E-state index contributed by atoms with van der Waals surface area (Å²) in [7, 11) is -2.30. The minimum Gasteiger partial charge on any atom is -0.495 e. The first-order valence-corrected chi connectivity index (χ1v) is 11.1. The summed E-state index contributed by atoms with van der Waals surface area (Å²) in [5.41, 5.74) is 1.48. The molecule has 2 rings (SSSR count). The molecular weight excluding hydrogens is 423 g/mol. The summed E-state index contributed by atoms with van der Waals surface area (Å²) >= 11 is 12.2. The standard InChI is InChI=1S/C19H22Cl2N2O4S/c1-5-17(19(24)22-16-10-13(20)7-9-18(16)27-3)23(28(4,25)26)14-8-6-12(2)15(21)11-14/h6-11,17H,5H2,1-4H3,(H,22,24)/t17-/m0/s1. The van der Waals surface area contributed by atoms with Gasteiger partial charge in [0.15, 0.2) is 0 Å². The number of aryl methyl sites for hydroxylation is 1. The lowest BCUT2D eigenvalue weighted by Crippen LogP contribution is -2.47. The second-order valence-electron chi connectivity index (χ2n) is 6.25. The number of carbonyl (C=O) groups is 1. The molecule has 0 aliphatic carbocycles. The molecule has 0 heterocycles. The Balaban J connectivity index is 2.45. The third kappa shape index (κ3) is 5.10. The van der Waals surface area contributed by atoms with Gasteiger partial charge in [0.25, 0.3) is 0 Å². The highest BCUT2D eigenvalue weighted by molar-refractivity contribution is 7.92. The van der Waals surface area contributed by atoms with Gasteiger partial charge in [-0.3, -0.25) is 9.10 Å². The van der Waals surface area contributed by atoms with Crippen molar-refractivity contribution in [3.63, 3.8) is 0 Å². The molecular formula is C19H22Cl2N2O4S. The molecule has 0 spiro atoms. The molecule has 0 radical (unpaired) electrons. The van der Waals surface area contributed by atoms with E-state index in [2.05, 4.69) is 5.32 Å². The highest BCUT2D eigenvalue weighted by Crippen LogP contribution is 2.30. The summed E-state index contributed by atoms with van der Waals surface area (Å²) in [6.45, 7) is 3.54. The second kappa shape index (κ2) is 9.03. The van der Waals surface area contributed by atoms with Crippen LogP contribution < -0.4 is 14.4 Å². The van der Waals surface area contributed by atoms with Crippen molar-refractivity contribution in [1.29, 1.82) is 0 Å². The number of benzene rings is 2. The molecule has 0 bridgehead atoms. The fraction of sp³-hybridized carbons (Fsp3) is 0.316. The van der Waals surface area contributed by atoms with Gasteiger partial charge in [0.1, 0.15) is 11.8 Å². The van der Waals surface area contributed by atoms with Crippen molar-refractivity contribution in [2.75, 3.05) is 23.0 Å². The van der Waals surface area contributed by atoms with Crippen LogP contribution in [-0.2, 0) is 14.8 Å². The van der Waals surface area contributed by atoms with Gasteiger partial charge in [0, 0.05) is 10.0 Å². The molecule has 1 atom stereocenters. The van der Waals surface area contributed by atoms with Crippen LogP contribution in [0, 0.1) is 6.92 Å². The van der Waals surface area contributed by atoms with Crippen LogP contribution in [-0.4, -0.2) is 33.7 Å². The van der Waals surface area contributed by atoms with Crippen molar-refractivity contribution in [2.24, 2.45) is 0 Å². The zero-order chi connectivity index (χ0) is 21.1. The van der Waals surface area contributed by atoms with E-state index in [1.807, 2.05) is 6.92 Å². The zero-order valence-corrected chi connectivity index (χ0v) is 18.3. The molecule has 2 aromatic rings. The lowest BCUT2D eigenvalue weighted by molar-refractivity contribution is -0.117. The van der Waals surface area contributed by atoms with Gasteiger partial charge in [-0.25, -0.2) is 8.42 Å². The lowest BCUT2D eigenvalue weighted by Gasteiger charge is -2.30. The van der Waals surface area contributed by atoms with Crippen LogP contribution in [0.15, 0.2) is 36.4 Å². The summed E-state index contributed by atoms with van der Waals surface area (Å²) in [6, 6.07) is 8.67. The molecule has 0 aromatic heterocycles. The number of hydrogen-bond donors (Lipinski definition) is 1. The maximum atomic E-state index is 13.0. The van der Waals surface area contributed by atoms with Crippen molar-refractivity contribution in [1.82, 2.24) is 0 Å².